The summed E-state index contributed by atoms with van der Waals surface area (Å²) in [4.78, 5) is 0. The molecule has 9 heavy (non-hydrogen) atoms. The lowest BCUT2D eigenvalue weighted by atomic mass is 9.81. The van der Waals surface area contributed by atoms with Gasteiger partial charge in [-0.25, -0.2) is 0 Å². The molecule has 0 aromatic carbocycles. The van der Waals surface area contributed by atoms with Gasteiger partial charge in [-0.2, -0.15) is 0 Å². The topological polar surface area (TPSA) is 20.2 Å². The molecule has 0 unspecified atom stereocenters. The molecule has 54 valence electrons. The first-order chi connectivity index (χ1) is 4.20. The molecular formula is C8H16O. The highest BCUT2D eigenvalue weighted by Crippen LogP contribution is 2.28. The lowest BCUT2D eigenvalue weighted by Crippen LogP contribution is -2.25. The summed E-state index contributed by atoms with van der Waals surface area (Å²) in [6.07, 6.45) is 3.43. The van der Waals surface area contributed by atoms with Crippen LogP contribution in [-0.2, 0) is 0 Å². The normalized spacial score (nSPS) is 45.0. The van der Waals surface area contributed by atoms with E-state index in [-0.39, 0.29) is 6.10 Å². The van der Waals surface area contributed by atoms with E-state index in [0.717, 1.165) is 12.3 Å². The number of aliphatic hydroxyl groups excluding tert-OH is 1. The van der Waals surface area contributed by atoms with Gasteiger partial charge in [0.15, 0.2) is 0 Å². The van der Waals surface area contributed by atoms with E-state index in [1.165, 1.54) is 12.8 Å². The smallest absolute Gasteiger partial charge is 0.0566 e. The molecular weight excluding hydrogens is 112 g/mol. The fourth-order valence-corrected chi connectivity index (χ4v) is 1.65. The Morgan fingerprint density at radius 3 is 2.33 bits per heavy atom. The number of aliphatic hydroxyl groups is 1. The third-order valence-corrected chi connectivity index (χ3v) is 2.39. The monoisotopic (exact) mass is 128 g/mol. The summed E-state index contributed by atoms with van der Waals surface area (Å²) in [7, 11) is 0. The molecule has 3 atom stereocenters. The molecule has 0 bridgehead atoms. The molecule has 0 aromatic heterocycles. The van der Waals surface area contributed by atoms with Gasteiger partial charge in [0.2, 0.25) is 0 Å². The van der Waals surface area contributed by atoms with Crippen molar-refractivity contribution in [2.45, 2.75) is 39.2 Å². The average molecular weight is 128 g/mol. The first-order valence-corrected chi connectivity index (χ1v) is 3.88. The molecule has 1 aliphatic carbocycles. The summed E-state index contributed by atoms with van der Waals surface area (Å²) in [6, 6.07) is 0. The van der Waals surface area contributed by atoms with Crippen LogP contribution in [0.4, 0.5) is 0 Å². The summed E-state index contributed by atoms with van der Waals surface area (Å²) in [5, 5.41) is 9.30. The minimum Gasteiger partial charge on any atom is -0.393 e. The van der Waals surface area contributed by atoms with E-state index < -0.39 is 0 Å². The minimum absolute atomic E-state index is 0.0128. The standard InChI is InChI=1S/C8H16O/c1-6-3-4-8(9)7(2)5-6/h6-9H,3-5H2,1-2H3/t6-,7-,8-/m0/s1. The molecule has 1 saturated carbocycles. The van der Waals surface area contributed by atoms with Crippen LogP contribution in [0, 0.1) is 11.8 Å². The number of hydrogen-bond acceptors (Lipinski definition) is 1. The van der Waals surface area contributed by atoms with Crippen molar-refractivity contribution in [1.29, 1.82) is 0 Å². The van der Waals surface area contributed by atoms with Gasteiger partial charge in [-0.15, -0.1) is 0 Å². The molecule has 0 saturated heterocycles. The van der Waals surface area contributed by atoms with Crippen molar-refractivity contribution in [1.82, 2.24) is 0 Å². The molecule has 0 aromatic rings. The van der Waals surface area contributed by atoms with Crippen molar-refractivity contribution < 1.29 is 5.11 Å². The second kappa shape index (κ2) is 2.70. The lowest BCUT2D eigenvalue weighted by Gasteiger charge is -2.28. The Kier molecular flexibility index (Phi) is 2.12. The Labute approximate surface area is 57.1 Å². The molecule has 0 heterocycles. The van der Waals surface area contributed by atoms with Gasteiger partial charge >= 0.3 is 0 Å². The fourth-order valence-electron chi connectivity index (χ4n) is 1.65. The van der Waals surface area contributed by atoms with Crippen LogP contribution in [-0.4, -0.2) is 11.2 Å². The SMILES string of the molecule is C[C@H]1CC[C@H](O)[C@@H](C)C1. The molecule has 1 rings (SSSR count). The van der Waals surface area contributed by atoms with E-state index in [0.29, 0.717) is 5.92 Å². The maximum atomic E-state index is 9.30. The second-order valence-corrected chi connectivity index (χ2v) is 3.46. The van der Waals surface area contributed by atoms with Crippen LogP contribution in [0.3, 0.4) is 0 Å². The van der Waals surface area contributed by atoms with E-state index in [9.17, 15) is 5.11 Å². The molecule has 1 heteroatoms. The van der Waals surface area contributed by atoms with Gasteiger partial charge in [0.05, 0.1) is 6.10 Å². The van der Waals surface area contributed by atoms with Crippen molar-refractivity contribution in [2.75, 3.05) is 0 Å². The van der Waals surface area contributed by atoms with Gasteiger partial charge in [0.1, 0.15) is 0 Å². The van der Waals surface area contributed by atoms with Crippen molar-refractivity contribution in [3.05, 3.63) is 0 Å². The Bertz CT molecular complexity index is 90.6. The van der Waals surface area contributed by atoms with Gasteiger partial charge in [0.25, 0.3) is 0 Å². The van der Waals surface area contributed by atoms with Gasteiger partial charge < -0.3 is 5.11 Å². The van der Waals surface area contributed by atoms with Crippen molar-refractivity contribution in [3.8, 4) is 0 Å². The largest absolute Gasteiger partial charge is 0.393 e. The maximum absolute atomic E-state index is 9.30. The van der Waals surface area contributed by atoms with Crippen molar-refractivity contribution in [2.24, 2.45) is 11.8 Å². The van der Waals surface area contributed by atoms with Crippen molar-refractivity contribution >= 4 is 0 Å². The predicted octanol–water partition coefficient (Wildman–Crippen LogP) is 1.80. The Hall–Kier alpha value is -0.0400. The summed E-state index contributed by atoms with van der Waals surface area (Å²) in [6.45, 7) is 4.41. The molecule has 1 nitrogen and oxygen atoms in total. The summed E-state index contributed by atoms with van der Waals surface area (Å²) in [5.74, 6) is 1.37. The van der Waals surface area contributed by atoms with E-state index in [4.69, 9.17) is 0 Å². The summed E-state index contributed by atoms with van der Waals surface area (Å²) < 4.78 is 0. The first kappa shape index (κ1) is 7.07. The van der Waals surface area contributed by atoms with Crippen molar-refractivity contribution in [3.63, 3.8) is 0 Å². The van der Waals surface area contributed by atoms with Gasteiger partial charge in [0, 0.05) is 0 Å². The first-order valence-electron chi connectivity index (χ1n) is 3.88. The molecule has 1 aliphatic rings. The molecule has 0 spiro atoms. The van der Waals surface area contributed by atoms with E-state index in [2.05, 4.69) is 13.8 Å². The third-order valence-electron chi connectivity index (χ3n) is 2.39. The zero-order chi connectivity index (χ0) is 6.85. The highest BCUT2D eigenvalue weighted by atomic mass is 16.3. The van der Waals surface area contributed by atoms with Crippen LogP contribution in [0.5, 0.6) is 0 Å². The van der Waals surface area contributed by atoms with E-state index >= 15 is 0 Å². The molecule has 0 aliphatic heterocycles. The molecule has 1 N–H and O–H groups in total. The Balaban J connectivity index is 2.35. The fraction of sp³-hybridized carbons (Fsp3) is 1.00. The lowest BCUT2D eigenvalue weighted by molar-refractivity contribution is 0.0611. The minimum atomic E-state index is -0.0128. The van der Waals surface area contributed by atoms with Crippen LogP contribution in [0.1, 0.15) is 33.1 Å². The quantitative estimate of drug-likeness (QED) is 0.527. The molecule has 1 fully saturated rings. The van der Waals surface area contributed by atoms with Gasteiger partial charge in [-0.05, 0) is 31.1 Å². The highest BCUT2D eigenvalue weighted by molar-refractivity contribution is 4.74. The van der Waals surface area contributed by atoms with Gasteiger partial charge in [-0.1, -0.05) is 13.8 Å². The van der Waals surface area contributed by atoms with Crippen LogP contribution in [0.25, 0.3) is 0 Å². The van der Waals surface area contributed by atoms with Crippen LogP contribution >= 0.6 is 0 Å². The number of rotatable bonds is 0. The van der Waals surface area contributed by atoms with E-state index in [1.54, 1.807) is 0 Å². The third kappa shape index (κ3) is 1.68. The zero-order valence-electron chi connectivity index (χ0n) is 6.30. The van der Waals surface area contributed by atoms with Crippen LogP contribution < -0.4 is 0 Å². The molecule has 0 amide bonds. The second-order valence-electron chi connectivity index (χ2n) is 3.46. The Morgan fingerprint density at radius 1 is 1.22 bits per heavy atom. The highest BCUT2D eigenvalue weighted by Gasteiger charge is 2.22. The van der Waals surface area contributed by atoms with Crippen LogP contribution in [0.2, 0.25) is 0 Å². The maximum Gasteiger partial charge on any atom is 0.0566 e. The number of hydrogen-bond donors (Lipinski definition) is 1. The van der Waals surface area contributed by atoms with Gasteiger partial charge in [-0.3, -0.25) is 0 Å². The molecule has 0 radical (unpaired) electrons. The average Bonchev–Trinajstić information content (AvgIpc) is 1.80. The summed E-state index contributed by atoms with van der Waals surface area (Å²) >= 11 is 0. The predicted molar refractivity (Wildman–Crippen MR) is 38.2 cm³/mol. The van der Waals surface area contributed by atoms with Crippen LogP contribution in [0.15, 0.2) is 0 Å². The summed E-state index contributed by atoms with van der Waals surface area (Å²) in [5.41, 5.74) is 0. The zero-order valence-corrected chi connectivity index (χ0v) is 6.30. The Morgan fingerprint density at radius 2 is 1.89 bits per heavy atom. The van der Waals surface area contributed by atoms with E-state index in [1.807, 2.05) is 0 Å².